The second kappa shape index (κ2) is 5.10. The van der Waals surface area contributed by atoms with E-state index in [9.17, 15) is 9.59 Å². The Labute approximate surface area is 101 Å². The Kier molecular flexibility index (Phi) is 4.02. The van der Waals surface area contributed by atoms with E-state index in [1.807, 2.05) is 0 Å². The van der Waals surface area contributed by atoms with Gasteiger partial charge in [-0.2, -0.15) is 0 Å². The lowest BCUT2D eigenvalue weighted by Gasteiger charge is -2.17. The minimum absolute atomic E-state index is 0.00553. The fourth-order valence-electron chi connectivity index (χ4n) is 1.41. The molecular formula is C13H18N2O2. The van der Waals surface area contributed by atoms with Crippen molar-refractivity contribution in [3.8, 4) is 0 Å². The van der Waals surface area contributed by atoms with Gasteiger partial charge < -0.3 is 11.1 Å². The van der Waals surface area contributed by atoms with Gasteiger partial charge in [0, 0.05) is 23.2 Å². The third kappa shape index (κ3) is 4.78. The van der Waals surface area contributed by atoms with Crippen molar-refractivity contribution >= 4 is 17.4 Å². The van der Waals surface area contributed by atoms with Gasteiger partial charge in [0.25, 0.3) is 0 Å². The second-order valence-electron chi connectivity index (χ2n) is 4.85. The number of carbonyl (C=O) groups excluding carboxylic acids is 2. The maximum Gasteiger partial charge on any atom is 0.226 e. The van der Waals surface area contributed by atoms with Crippen LogP contribution in [0.5, 0.6) is 0 Å². The lowest BCUT2D eigenvalue weighted by molar-refractivity contribution is -0.117. The van der Waals surface area contributed by atoms with Gasteiger partial charge in [0.05, 0.1) is 0 Å². The number of carbonyl (C=O) groups is 2. The number of hydrogen-bond acceptors (Lipinski definition) is 3. The summed E-state index contributed by atoms with van der Waals surface area (Å²) in [7, 11) is 0. The predicted molar refractivity (Wildman–Crippen MR) is 68.0 cm³/mol. The molecule has 1 aromatic rings. The minimum Gasteiger partial charge on any atom is -0.326 e. The maximum absolute atomic E-state index is 11.6. The Morgan fingerprint density at radius 2 is 1.76 bits per heavy atom. The highest BCUT2D eigenvalue weighted by Crippen LogP contribution is 2.12. The number of ketones is 1. The van der Waals surface area contributed by atoms with Gasteiger partial charge >= 0.3 is 0 Å². The topological polar surface area (TPSA) is 72.2 Å². The highest BCUT2D eigenvalue weighted by molar-refractivity contribution is 5.95. The number of hydrogen-bond donors (Lipinski definition) is 2. The van der Waals surface area contributed by atoms with Gasteiger partial charge in [0.2, 0.25) is 5.91 Å². The summed E-state index contributed by atoms with van der Waals surface area (Å²) in [6, 6.07) is 6.79. The first-order chi connectivity index (χ1) is 7.78. The van der Waals surface area contributed by atoms with Crippen LogP contribution in [-0.2, 0) is 4.79 Å². The summed E-state index contributed by atoms with van der Waals surface area (Å²) in [5.41, 5.74) is 6.52. The van der Waals surface area contributed by atoms with Crippen LogP contribution in [0.25, 0.3) is 0 Å². The summed E-state index contributed by atoms with van der Waals surface area (Å²) >= 11 is 0. The smallest absolute Gasteiger partial charge is 0.226 e. The monoisotopic (exact) mass is 234 g/mol. The average Bonchev–Trinajstić information content (AvgIpc) is 2.15. The third-order valence-corrected chi connectivity index (χ3v) is 2.19. The van der Waals surface area contributed by atoms with Crippen LogP contribution in [0.4, 0.5) is 5.69 Å². The molecule has 0 spiro atoms. The largest absolute Gasteiger partial charge is 0.326 e. The summed E-state index contributed by atoms with van der Waals surface area (Å²) in [6.45, 7) is 5.10. The molecule has 0 unspecified atom stereocenters. The molecule has 0 atom stereocenters. The van der Waals surface area contributed by atoms with Crippen molar-refractivity contribution in [1.82, 2.24) is 0 Å². The molecule has 0 saturated heterocycles. The summed E-state index contributed by atoms with van der Waals surface area (Å²) < 4.78 is 0. The van der Waals surface area contributed by atoms with Gasteiger partial charge in [-0.1, -0.05) is 0 Å². The van der Waals surface area contributed by atoms with Crippen LogP contribution >= 0.6 is 0 Å². The molecule has 4 nitrogen and oxygen atoms in total. The summed E-state index contributed by atoms with van der Waals surface area (Å²) in [5.74, 6) is -0.126. The van der Waals surface area contributed by atoms with E-state index >= 15 is 0 Å². The first-order valence-electron chi connectivity index (χ1n) is 5.48. The Morgan fingerprint density at radius 3 is 2.18 bits per heavy atom. The molecule has 0 fully saturated rings. The van der Waals surface area contributed by atoms with Gasteiger partial charge in [0.1, 0.15) is 0 Å². The zero-order valence-corrected chi connectivity index (χ0v) is 10.4. The SMILES string of the molecule is CC(=O)c1ccc(NC(=O)CC(C)(C)N)cc1. The first kappa shape index (κ1) is 13.4. The van der Waals surface area contributed by atoms with Crippen molar-refractivity contribution in [1.29, 1.82) is 0 Å². The van der Waals surface area contributed by atoms with Crippen LogP contribution in [0.1, 0.15) is 37.6 Å². The average molecular weight is 234 g/mol. The standard InChI is InChI=1S/C13H18N2O2/c1-9(16)10-4-6-11(7-5-10)15-12(17)8-13(2,3)14/h4-7H,8,14H2,1-3H3,(H,15,17). The Bertz CT molecular complexity index is 416. The highest BCUT2D eigenvalue weighted by atomic mass is 16.1. The maximum atomic E-state index is 11.6. The molecule has 17 heavy (non-hydrogen) atoms. The van der Waals surface area contributed by atoms with Gasteiger partial charge in [-0.15, -0.1) is 0 Å². The molecule has 0 heterocycles. The van der Waals surface area contributed by atoms with Crippen molar-refractivity contribution in [3.63, 3.8) is 0 Å². The zero-order chi connectivity index (χ0) is 13.1. The Hall–Kier alpha value is -1.68. The van der Waals surface area contributed by atoms with Gasteiger partial charge in [0.15, 0.2) is 5.78 Å². The summed E-state index contributed by atoms with van der Waals surface area (Å²) in [4.78, 5) is 22.7. The molecule has 1 rings (SSSR count). The molecule has 4 heteroatoms. The molecule has 0 aromatic heterocycles. The second-order valence-corrected chi connectivity index (χ2v) is 4.85. The summed E-state index contributed by atoms with van der Waals surface area (Å²) in [6.07, 6.45) is 0.251. The lowest BCUT2D eigenvalue weighted by atomic mass is 10.0. The molecular weight excluding hydrogens is 216 g/mol. The van der Waals surface area contributed by atoms with Gasteiger partial charge in [-0.3, -0.25) is 9.59 Å². The van der Waals surface area contributed by atoms with Crippen molar-refractivity contribution in [3.05, 3.63) is 29.8 Å². The van der Waals surface area contributed by atoms with E-state index in [-0.39, 0.29) is 18.1 Å². The Balaban J connectivity index is 2.64. The number of rotatable bonds is 4. The van der Waals surface area contributed by atoms with Crippen LogP contribution in [0.3, 0.4) is 0 Å². The van der Waals surface area contributed by atoms with E-state index in [4.69, 9.17) is 5.73 Å². The normalized spacial score (nSPS) is 11.1. The van der Waals surface area contributed by atoms with Crippen LogP contribution in [-0.4, -0.2) is 17.2 Å². The van der Waals surface area contributed by atoms with E-state index in [0.717, 1.165) is 0 Å². The van der Waals surface area contributed by atoms with Crippen LogP contribution in [0.15, 0.2) is 24.3 Å². The quantitative estimate of drug-likeness (QED) is 0.782. The van der Waals surface area contributed by atoms with Crippen molar-refractivity contribution in [2.75, 3.05) is 5.32 Å². The van der Waals surface area contributed by atoms with Crippen LogP contribution in [0, 0.1) is 0 Å². The molecule has 0 bridgehead atoms. The number of anilines is 1. The molecule has 0 radical (unpaired) electrons. The van der Waals surface area contributed by atoms with E-state index < -0.39 is 5.54 Å². The minimum atomic E-state index is -0.524. The molecule has 1 aromatic carbocycles. The summed E-state index contributed by atoms with van der Waals surface area (Å²) in [5, 5.41) is 2.73. The molecule has 1 amide bonds. The predicted octanol–water partition coefficient (Wildman–Crippen LogP) is 1.96. The van der Waals surface area contributed by atoms with Gasteiger partial charge in [-0.05, 0) is 45.0 Å². The van der Waals surface area contributed by atoms with E-state index in [2.05, 4.69) is 5.32 Å². The third-order valence-electron chi connectivity index (χ3n) is 2.19. The number of amides is 1. The van der Waals surface area contributed by atoms with Crippen LogP contribution < -0.4 is 11.1 Å². The molecule has 92 valence electrons. The van der Waals surface area contributed by atoms with E-state index in [1.165, 1.54) is 6.92 Å². The number of nitrogens with one attached hydrogen (secondary N) is 1. The Morgan fingerprint density at radius 1 is 1.24 bits per heavy atom. The first-order valence-corrected chi connectivity index (χ1v) is 5.48. The molecule has 0 aliphatic carbocycles. The van der Waals surface area contributed by atoms with E-state index in [0.29, 0.717) is 11.3 Å². The van der Waals surface area contributed by atoms with E-state index in [1.54, 1.807) is 38.1 Å². The number of nitrogens with two attached hydrogens (primary N) is 1. The van der Waals surface area contributed by atoms with Crippen molar-refractivity contribution in [2.45, 2.75) is 32.7 Å². The number of Topliss-reactive ketones (excluding diaryl/α,β-unsaturated/α-hetero) is 1. The fraction of sp³-hybridized carbons (Fsp3) is 0.385. The molecule has 0 aliphatic rings. The van der Waals surface area contributed by atoms with Gasteiger partial charge in [-0.25, -0.2) is 0 Å². The van der Waals surface area contributed by atoms with Crippen molar-refractivity contribution in [2.24, 2.45) is 5.73 Å². The highest BCUT2D eigenvalue weighted by Gasteiger charge is 2.16. The molecule has 0 saturated carbocycles. The van der Waals surface area contributed by atoms with Crippen LogP contribution in [0.2, 0.25) is 0 Å². The van der Waals surface area contributed by atoms with Crippen molar-refractivity contribution < 1.29 is 9.59 Å². The fourth-order valence-corrected chi connectivity index (χ4v) is 1.41. The number of benzene rings is 1. The lowest BCUT2D eigenvalue weighted by Crippen LogP contribution is -2.36. The zero-order valence-electron chi connectivity index (χ0n) is 10.4. The molecule has 0 aliphatic heterocycles. The molecule has 3 N–H and O–H groups in total.